The molecule has 0 bridgehead atoms. The summed E-state index contributed by atoms with van der Waals surface area (Å²) in [5, 5.41) is 11.7. The fraction of sp³-hybridized carbons (Fsp3) is 0.556. The lowest BCUT2D eigenvalue weighted by molar-refractivity contribution is -0.127. The molecular weight excluding hydrogens is 223 g/mol. The molecule has 1 heterocycles. The summed E-state index contributed by atoms with van der Waals surface area (Å²) in [4.78, 5) is 7.26. The van der Waals surface area contributed by atoms with Crippen molar-refractivity contribution in [2.75, 3.05) is 11.9 Å². The lowest BCUT2D eigenvalue weighted by Crippen LogP contribution is -2.17. The van der Waals surface area contributed by atoms with Gasteiger partial charge in [-0.3, -0.25) is 0 Å². The predicted molar refractivity (Wildman–Crippen MR) is 52.0 cm³/mol. The van der Waals surface area contributed by atoms with Gasteiger partial charge >= 0.3 is 6.18 Å². The molecule has 0 aliphatic rings. The summed E-state index contributed by atoms with van der Waals surface area (Å²) in [5.41, 5.74) is -0.101. The van der Waals surface area contributed by atoms with E-state index in [2.05, 4.69) is 15.3 Å². The topological polar surface area (TPSA) is 58.0 Å². The van der Waals surface area contributed by atoms with Crippen molar-refractivity contribution < 1.29 is 18.3 Å². The Kier molecular flexibility index (Phi) is 4.05. The van der Waals surface area contributed by atoms with Crippen LogP contribution in [0.4, 0.5) is 19.0 Å². The average Bonchev–Trinajstić information content (AvgIpc) is 2.12. The maximum Gasteiger partial charge on any atom is 0.394 e. The van der Waals surface area contributed by atoms with Gasteiger partial charge in [0.05, 0.1) is 18.2 Å². The first-order valence-electron chi connectivity index (χ1n) is 4.66. The van der Waals surface area contributed by atoms with E-state index < -0.39 is 18.7 Å². The molecule has 1 aromatic rings. The first-order chi connectivity index (χ1) is 7.37. The van der Waals surface area contributed by atoms with Crippen LogP contribution in [0.3, 0.4) is 0 Å². The molecule has 16 heavy (non-hydrogen) atoms. The van der Waals surface area contributed by atoms with Gasteiger partial charge in [0.1, 0.15) is 12.1 Å². The maximum atomic E-state index is 12.1. The number of aliphatic hydroxyl groups is 1. The Bertz CT molecular complexity index is 341. The Hall–Kier alpha value is -1.37. The van der Waals surface area contributed by atoms with Gasteiger partial charge in [-0.2, -0.15) is 13.2 Å². The molecule has 0 amide bonds. The van der Waals surface area contributed by atoms with E-state index in [1.165, 1.54) is 6.07 Å². The van der Waals surface area contributed by atoms with Gasteiger partial charge < -0.3 is 10.4 Å². The highest BCUT2D eigenvalue weighted by Gasteiger charge is 2.28. The number of hydrogen-bond donors (Lipinski definition) is 2. The van der Waals surface area contributed by atoms with Crippen LogP contribution in [0.2, 0.25) is 0 Å². The third-order valence-electron chi connectivity index (χ3n) is 1.68. The molecule has 7 heteroatoms. The third-order valence-corrected chi connectivity index (χ3v) is 1.68. The molecule has 1 atom stereocenters. The van der Waals surface area contributed by atoms with Crippen molar-refractivity contribution in [2.24, 2.45) is 0 Å². The highest BCUT2D eigenvalue weighted by atomic mass is 19.4. The first-order valence-corrected chi connectivity index (χ1v) is 4.66. The summed E-state index contributed by atoms with van der Waals surface area (Å²) in [6, 6.07) is 1.22. The molecule has 0 spiro atoms. The van der Waals surface area contributed by atoms with Gasteiger partial charge in [-0.25, -0.2) is 9.97 Å². The van der Waals surface area contributed by atoms with E-state index in [0.717, 1.165) is 6.33 Å². The number of aromatic nitrogens is 2. The molecule has 0 aromatic carbocycles. The number of nitrogens with zero attached hydrogens (tertiary/aromatic N) is 2. The number of anilines is 1. The Labute approximate surface area is 90.5 Å². The lowest BCUT2D eigenvalue weighted by Gasteiger charge is -2.09. The molecule has 0 aliphatic heterocycles. The van der Waals surface area contributed by atoms with Crippen molar-refractivity contribution in [1.29, 1.82) is 0 Å². The molecule has 4 nitrogen and oxygen atoms in total. The predicted octanol–water partition coefficient (Wildman–Crippen LogP) is 1.37. The van der Waals surface area contributed by atoms with Crippen molar-refractivity contribution in [3.63, 3.8) is 0 Å². The minimum absolute atomic E-state index is 0.101. The SMILES string of the molecule is CC(O)CNc1cc(CC(F)(F)F)ncn1. The fourth-order valence-corrected chi connectivity index (χ4v) is 1.05. The highest BCUT2D eigenvalue weighted by molar-refractivity contribution is 5.35. The highest BCUT2D eigenvalue weighted by Crippen LogP contribution is 2.20. The average molecular weight is 235 g/mol. The second-order valence-electron chi connectivity index (χ2n) is 3.42. The summed E-state index contributed by atoms with van der Waals surface area (Å²) in [7, 11) is 0. The number of halogens is 3. The van der Waals surface area contributed by atoms with Crippen LogP contribution in [0.25, 0.3) is 0 Å². The standard InChI is InChI=1S/C9H12F3N3O/c1-6(16)4-13-8-2-7(14-5-15-8)3-9(10,11)12/h2,5-6,16H,3-4H2,1H3,(H,13,14,15). The van der Waals surface area contributed by atoms with Gasteiger partial charge in [-0.1, -0.05) is 0 Å². The summed E-state index contributed by atoms with van der Waals surface area (Å²) < 4.78 is 36.2. The number of nitrogens with one attached hydrogen (secondary N) is 1. The summed E-state index contributed by atoms with van der Waals surface area (Å²) >= 11 is 0. The molecule has 2 N–H and O–H groups in total. The van der Waals surface area contributed by atoms with E-state index in [1.54, 1.807) is 6.92 Å². The zero-order chi connectivity index (χ0) is 12.2. The Morgan fingerprint density at radius 3 is 2.69 bits per heavy atom. The van der Waals surface area contributed by atoms with Gasteiger partial charge in [0.2, 0.25) is 0 Å². The summed E-state index contributed by atoms with van der Waals surface area (Å²) in [5.74, 6) is 0.273. The minimum Gasteiger partial charge on any atom is -0.392 e. The van der Waals surface area contributed by atoms with Gasteiger partial charge in [-0.15, -0.1) is 0 Å². The van der Waals surface area contributed by atoms with E-state index in [9.17, 15) is 13.2 Å². The van der Waals surface area contributed by atoms with E-state index in [1.807, 2.05) is 0 Å². The normalized spacial score (nSPS) is 13.6. The van der Waals surface area contributed by atoms with Gasteiger partial charge in [0.25, 0.3) is 0 Å². The molecule has 0 radical (unpaired) electrons. The van der Waals surface area contributed by atoms with Gasteiger partial charge in [-0.05, 0) is 6.92 Å². The maximum absolute atomic E-state index is 12.1. The Morgan fingerprint density at radius 1 is 1.44 bits per heavy atom. The molecule has 1 unspecified atom stereocenters. The molecule has 0 saturated heterocycles. The minimum atomic E-state index is -4.28. The molecular formula is C9H12F3N3O. The van der Waals surface area contributed by atoms with Gasteiger partial charge in [0, 0.05) is 12.6 Å². The first kappa shape index (κ1) is 12.7. The van der Waals surface area contributed by atoms with E-state index in [4.69, 9.17) is 5.11 Å². The molecule has 1 rings (SSSR count). The molecule has 1 aromatic heterocycles. The van der Waals surface area contributed by atoms with Crippen LogP contribution in [0.1, 0.15) is 12.6 Å². The van der Waals surface area contributed by atoms with Crippen LogP contribution in [0.15, 0.2) is 12.4 Å². The van der Waals surface area contributed by atoms with Crippen LogP contribution < -0.4 is 5.32 Å². The zero-order valence-corrected chi connectivity index (χ0v) is 8.62. The lowest BCUT2D eigenvalue weighted by atomic mass is 10.3. The van der Waals surface area contributed by atoms with Crippen molar-refractivity contribution in [2.45, 2.75) is 25.6 Å². The molecule has 0 saturated carbocycles. The van der Waals surface area contributed by atoms with Crippen molar-refractivity contribution >= 4 is 5.82 Å². The number of hydrogen-bond acceptors (Lipinski definition) is 4. The number of aliphatic hydroxyl groups excluding tert-OH is 1. The quantitative estimate of drug-likeness (QED) is 0.827. The summed E-state index contributed by atoms with van der Waals surface area (Å²) in [6.45, 7) is 1.79. The van der Waals surface area contributed by atoms with Gasteiger partial charge in [0.15, 0.2) is 0 Å². The smallest absolute Gasteiger partial charge is 0.392 e. The summed E-state index contributed by atoms with van der Waals surface area (Å²) in [6.07, 6.45) is -4.90. The third kappa shape index (κ3) is 4.92. The van der Waals surface area contributed by atoms with Crippen LogP contribution in [0.5, 0.6) is 0 Å². The monoisotopic (exact) mass is 235 g/mol. The van der Waals surface area contributed by atoms with Crippen LogP contribution in [0, 0.1) is 0 Å². The molecule has 90 valence electrons. The largest absolute Gasteiger partial charge is 0.394 e. The van der Waals surface area contributed by atoms with Crippen molar-refractivity contribution in [3.8, 4) is 0 Å². The van der Waals surface area contributed by atoms with Crippen LogP contribution >= 0.6 is 0 Å². The van der Waals surface area contributed by atoms with E-state index in [-0.39, 0.29) is 18.1 Å². The second kappa shape index (κ2) is 5.11. The second-order valence-corrected chi connectivity index (χ2v) is 3.42. The van der Waals surface area contributed by atoms with Crippen LogP contribution in [-0.4, -0.2) is 33.9 Å². The van der Waals surface area contributed by atoms with Crippen LogP contribution in [-0.2, 0) is 6.42 Å². The van der Waals surface area contributed by atoms with Crippen molar-refractivity contribution in [3.05, 3.63) is 18.1 Å². The van der Waals surface area contributed by atoms with Crippen molar-refractivity contribution in [1.82, 2.24) is 9.97 Å². The zero-order valence-electron chi connectivity index (χ0n) is 8.62. The number of rotatable bonds is 4. The van der Waals surface area contributed by atoms with E-state index >= 15 is 0 Å². The molecule has 0 fully saturated rings. The fourth-order valence-electron chi connectivity index (χ4n) is 1.05. The number of alkyl halides is 3. The van der Waals surface area contributed by atoms with E-state index in [0.29, 0.717) is 0 Å². The Morgan fingerprint density at radius 2 is 2.12 bits per heavy atom. The molecule has 0 aliphatic carbocycles. The Balaban J connectivity index is 2.64.